The van der Waals surface area contributed by atoms with E-state index in [4.69, 9.17) is 5.73 Å². The van der Waals surface area contributed by atoms with E-state index >= 15 is 0 Å². The molecule has 3 aromatic carbocycles. The molecular weight excluding hydrogens is 304 g/mol. The standard InChI is InChI=1S/C23H24N2/c1-16-7-6-11-20-21(10-4-5-14-24)23(25-22(16)20)19-13-12-17-8-2-3-9-18(17)15-19/h2-3,6-9,11-13,15,25H,4-5,10,14,24H2,1H3. The third-order valence-corrected chi connectivity index (χ3v) is 5.07. The Labute approximate surface area is 148 Å². The second-order valence-corrected chi connectivity index (χ2v) is 6.78. The Morgan fingerprint density at radius 1 is 0.880 bits per heavy atom. The molecule has 126 valence electrons. The van der Waals surface area contributed by atoms with Crippen LogP contribution in [0.1, 0.15) is 24.0 Å². The van der Waals surface area contributed by atoms with Gasteiger partial charge in [-0.2, -0.15) is 0 Å². The first-order valence-corrected chi connectivity index (χ1v) is 9.07. The van der Waals surface area contributed by atoms with Crippen LogP contribution in [0.2, 0.25) is 0 Å². The molecule has 0 amide bonds. The van der Waals surface area contributed by atoms with E-state index in [0.717, 1.165) is 25.8 Å². The van der Waals surface area contributed by atoms with Crippen LogP contribution in [0.15, 0.2) is 60.7 Å². The molecule has 0 bridgehead atoms. The summed E-state index contributed by atoms with van der Waals surface area (Å²) in [6, 6.07) is 21.8. The van der Waals surface area contributed by atoms with Gasteiger partial charge < -0.3 is 10.7 Å². The summed E-state index contributed by atoms with van der Waals surface area (Å²) in [6.45, 7) is 2.93. The molecule has 4 aromatic rings. The molecule has 0 aliphatic heterocycles. The minimum absolute atomic E-state index is 0.757. The maximum atomic E-state index is 5.71. The monoisotopic (exact) mass is 328 g/mol. The van der Waals surface area contributed by atoms with Crippen molar-refractivity contribution in [2.75, 3.05) is 6.54 Å². The Balaban J connectivity index is 1.89. The van der Waals surface area contributed by atoms with Crippen LogP contribution in [0.5, 0.6) is 0 Å². The molecule has 25 heavy (non-hydrogen) atoms. The molecule has 0 unspecified atom stereocenters. The molecule has 0 radical (unpaired) electrons. The van der Waals surface area contributed by atoms with Gasteiger partial charge in [-0.15, -0.1) is 0 Å². The average Bonchev–Trinajstić information content (AvgIpc) is 3.02. The third kappa shape index (κ3) is 2.94. The Morgan fingerprint density at radius 2 is 1.72 bits per heavy atom. The van der Waals surface area contributed by atoms with E-state index in [-0.39, 0.29) is 0 Å². The molecule has 3 N–H and O–H groups in total. The fraction of sp³-hybridized carbons (Fsp3) is 0.217. The van der Waals surface area contributed by atoms with Crippen LogP contribution < -0.4 is 5.73 Å². The SMILES string of the molecule is Cc1cccc2c(CCCCN)c(-c3ccc4ccccc4c3)[nH]c12. The predicted octanol–water partition coefficient (Wildman–Crippen LogP) is 5.58. The summed E-state index contributed by atoms with van der Waals surface area (Å²) < 4.78 is 0. The molecule has 1 aromatic heterocycles. The lowest BCUT2D eigenvalue weighted by molar-refractivity contribution is 0.748. The van der Waals surface area contributed by atoms with Crippen molar-refractivity contribution in [1.82, 2.24) is 4.98 Å². The zero-order chi connectivity index (χ0) is 17.2. The molecule has 0 fully saturated rings. The van der Waals surface area contributed by atoms with Crippen LogP contribution in [0.25, 0.3) is 32.9 Å². The van der Waals surface area contributed by atoms with Gasteiger partial charge in [0.1, 0.15) is 0 Å². The second-order valence-electron chi connectivity index (χ2n) is 6.78. The van der Waals surface area contributed by atoms with Crippen molar-refractivity contribution in [1.29, 1.82) is 0 Å². The largest absolute Gasteiger partial charge is 0.354 e. The van der Waals surface area contributed by atoms with Gasteiger partial charge in [0.25, 0.3) is 0 Å². The van der Waals surface area contributed by atoms with E-state index in [1.165, 1.54) is 44.1 Å². The van der Waals surface area contributed by atoms with E-state index in [2.05, 4.69) is 72.6 Å². The Hall–Kier alpha value is -2.58. The van der Waals surface area contributed by atoms with E-state index < -0.39 is 0 Å². The average molecular weight is 328 g/mol. The van der Waals surface area contributed by atoms with Crippen molar-refractivity contribution >= 4 is 21.7 Å². The number of aromatic amines is 1. The minimum atomic E-state index is 0.757. The highest BCUT2D eigenvalue weighted by Gasteiger charge is 2.14. The van der Waals surface area contributed by atoms with Crippen molar-refractivity contribution in [2.24, 2.45) is 5.73 Å². The minimum Gasteiger partial charge on any atom is -0.354 e. The van der Waals surface area contributed by atoms with Crippen molar-refractivity contribution in [3.8, 4) is 11.3 Å². The second kappa shape index (κ2) is 6.73. The Bertz CT molecular complexity index is 1030. The number of para-hydroxylation sites is 1. The Kier molecular flexibility index (Phi) is 4.29. The number of aryl methyl sites for hydroxylation is 2. The van der Waals surface area contributed by atoms with Crippen LogP contribution >= 0.6 is 0 Å². The molecule has 0 atom stereocenters. The summed E-state index contributed by atoms with van der Waals surface area (Å²) >= 11 is 0. The van der Waals surface area contributed by atoms with Gasteiger partial charge in [0.05, 0.1) is 0 Å². The van der Waals surface area contributed by atoms with Crippen molar-refractivity contribution < 1.29 is 0 Å². The van der Waals surface area contributed by atoms with Gasteiger partial charge in [-0.1, -0.05) is 54.6 Å². The fourth-order valence-corrected chi connectivity index (χ4v) is 3.72. The quantitative estimate of drug-likeness (QED) is 0.461. The molecule has 2 nitrogen and oxygen atoms in total. The summed E-state index contributed by atoms with van der Waals surface area (Å²) in [5.74, 6) is 0. The first-order valence-electron chi connectivity index (χ1n) is 9.07. The van der Waals surface area contributed by atoms with Gasteiger partial charge in [-0.25, -0.2) is 0 Å². The zero-order valence-electron chi connectivity index (χ0n) is 14.7. The van der Waals surface area contributed by atoms with E-state index in [1.807, 2.05) is 0 Å². The van der Waals surface area contributed by atoms with Crippen LogP contribution in [-0.2, 0) is 6.42 Å². The first kappa shape index (κ1) is 15.9. The van der Waals surface area contributed by atoms with E-state index in [9.17, 15) is 0 Å². The number of H-pyrrole nitrogens is 1. The highest BCUT2D eigenvalue weighted by atomic mass is 14.7. The maximum absolute atomic E-state index is 5.71. The van der Waals surface area contributed by atoms with Gasteiger partial charge in [0, 0.05) is 16.6 Å². The zero-order valence-corrected chi connectivity index (χ0v) is 14.7. The number of benzene rings is 3. The highest BCUT2D eigenvalue weighted by Crippen LogP contribution is 2.34. The number of fused-ring (bicyclic) bond motifs is 2. The van der Waals surface area contributed by atoms with E-state index in [1.54, 1.807) is 0 Å². The molecular formula is C23H24N2. The first-order chi connectivity index (χ1) is 12.3. The summed E-state index contributed by atoms with van der Waals surface area (Å²) in [5.41, 5.74) is 12.2. The Morgan fingerprint density at radius 3 is 2.56 bits per heavy atom. The van der Waals surface area contributed by atoms with Crippen LogP contribution in [0.4, 0.5) is 0 Å². The van der Waals surface area contributed by atoms with Crippen molar-refractivity contribution in [3.63, 3.8) is 0 Å². The van der Waals surface area contributed by atoms with Crippen molar-refractivity contribution in [2.45, 2.75) is 26.2 Å². The van der Waals surface area contributed by atoms with Crippen molar-refractivity contribution in [3.05, 3.63) is 71.8 Å². The predicted molar refractivity (Wildman–Crippen MR) is 108 cm³/mol. The molecule has 0 saturated carbocycles. The topological polar surface area (TPSA) is 41.8 Å². The van der Waals surface area contributed by atoms with Crippen LogP contribution in [0, 0.1) is 6.92 Å². The molecule has 4 rings (SSSR count). The number of nitrogens with two attached hydrogens (primary N) is 1. The van der Waals surface area contributed by atoms with Gasteiger partial charge in [0.2, 0.25) is 0 Å². The van der Waals surface area contributed by atoms with Gasteiger partial charge in [0.15, 0.2) is 0 Å². The summed E-state index contributed by atoms with van der Waals surface area (Å²) in [5, 5.41) is 3.91. The summed E-state index contributed by atoms with van der Waals surface area (Å²) in [4.78, 5) is 3.71. The van der Waals surface area contributed by atoms with Gasteiger partial charge in [-0.05, 0) is 66.3 Å². The highest BCUT2D eigenvalue weighted by molar-refractivity contribution is 5.95. The van der Waals surface area contributed by atoms with Crippen LogP contribution in [-0.4, -0.2) is 11.5 Å². The van der Waals surface area contributed by atoms with Crippen LogP contribution in [0.3, 0.4) is 0 Å². The number of nitrogens with one attached hydrogen (secondary N) is 1. The number of rotatable bonds is 5. The molecule has 2 heteroatoms. The lowest BCUT2D eigenvalue weighted by atomic mass is 9.98. The number of hydrogen-bond acceptors (Lipinski definition) is 1. The normalized spacial score (nSPS) is 11.4. The molecule has 0 aliphatic carbocycles. The molecule has 0 saturated heterocycles. The van der Waals surface area contributed by atoms with E-state index in [0.29, 0.717) is 0 Å². The summed E-state index contributed by atoms with van der Waals surface area (Å²) in [6.07, 6.45) is 3.25. The molecule has 0 spiro atoms. The lowest BCUT2D eigenvalue weighted by Gasteiger charge is -2.07. The third-order valence-electron chi connectivity index (χ3n) is 5.07. The molecule has 0 aliphatic rings. The molecule has 1 heterocycles. The van der Waals surface area contributed by atoms with Gasteiger partial charge in [-0.3, -0.25) is 0 Å². The number of aromatic nitrogens is 1. The summed E-state index contributed by atoms with van der Waals surface area (Å²) in [7, 11) is 0. The fourth-order valence-electron chi connectivity index (χ4n) is 3.72. The smallest absolute Gasteiger partial charge is 0.0497 e. The maximum Gasteiger partial charge on any atom is 0.0497 e. The lowest BCUT2D eigenvalue weighted by Crippen LogP contribution is -1.99. The number of hydrogen-bond donors (Lipinski definition) is 2. The number of unbranched alkanes of at least 4 members (excludes halogenated alkanes) is 1. The van der Waals surface area contributed by atoms with Gasteiger partial charge >= 0.3 is 0 Å².